The summed E-state index contributed by atoms with van der Waals surface area (Å²) in [6, 6.07) is 5.53. The van der Waals surface area contributed by atoms with Crippen LogP contribution in [0.4, 0.5) is 0 Å². The number of rotatable bonds is 6. The molecule has 1 atom stereocenters. The zero-order chi connectivity index (χ0) is 19.4. The molecule has 1 aliphatic carbocycles. The van der Waals surface area contributed by atoms with Crippen LogP contribution >= 0.6 is 11.3 Å². The molecule has 0 aliphatic heterocycles. The van der Waals surface area contributed by atoms with Gasteiger partial charge in [-0.05, 0) is 48.9 Å². The number of carbonyl (C=O) groups excluding carboxylic acids is 1. The van der Waals surface area contributed by atoms with E-state index in [0.29, 0.717) is 28.0 Å². The summed E-state index contributed by atoms with van der Waals surface area (Å²) in [4.78, 5) is 14.4. The Morgan fingerprint density at radius 2 is 1.89 bits per heavy atom. The van der Waals surface area contributed by atoms with Crippen LogP contribution in [0.3, 0.4) is 0 Å². The number of amides is 1. The van der Waals surface area contributed by atoms with Crippen molar-refractivity contribution in [2.45, 2.75) is 26.2 Å². The van der Waals surface area contributed by atoms with E-state index in [1.807, 2.05) is 6.07 Å². The van der Waals surface area contributed by atoms with Gasteiger partial charge in [0.05, 0.1) is 32.4 Å². The van der Waals surface area contributed by atoms with Crippen LogP contribution in [0.25, 0.3) is 0 Å². The highest BCUT2D eigenvalue weighted by atomic mass is 32.1. The molecule has 1 aromatic carbocycles. The zero-order valence-corrected chi connectivity index (χ0v) is 16.8. The van der Waals surface area contributed by atoms with Crippen molar-refractivity contribution in [2.75, 3.05) is 21.3 Å². The molecule has 0 unspecified atom stereocenters. The van der Waals surface area contributed by atoms with Gasteiger partial charge in [-0.2, -0.15) is 5.10 Å². The SMILES string of the molecule is COc1cc(/C=N\NC(=O)c2cc3c(s2)CC[C@H](C)C3)cc(OC)c1OC. The summed E-state index contributed by atoms with van der Waals surface area (Å²) < 4.78 is 15.9. The van der Waals surface area contributed by atoms with Gasteiger partial charge < -0.3 is 14.2 Å². The molecule has 7 heteroatoms. The van der Waals surface area contributed by atoms with Crippen LogP contribution < -0.4 is 19.6 Å². The molecule has 0 saturated carbocycles. The van der Waals surface area contributed by atoms with Crippen LogP contribution in [-0.4, -0.2) is 33.5 Å². The largest absolute Gasteiger partial charge is 0.493 e. The second-order valence-corrected chi connectivity index (χ2v) is 7.70. The fourth-order valence-electron chi connectivity index (χ4n) is 3.21. The fraction of sp³-hybridized carbons (Fsp3) is 0.400. The fourth-order valence-corrected chi connectivity index (χ4v) is 4.31. The normalized spacial score (nSPS) is 16.1. The van der Waals surface area contributed by atoms with Gasteiger partial charge >= 0.3 is 0 Å². The van der Waals surface area contributed by atoms with Gasteiger partial charge in [0.1, 0.15) is 0 Å². The highest BCUT2D eigenvalue weighted by Gasteiger charge is 2.20. The molecule has 6 nitrogen and oxygen atoms in total. The standard InChI is InChI=1S/C20H24N2O4S/c1-12-5-6-17-14(7-12)10-18(27-17)20(23)22-21-11-13-8-15(24-2)19(26-4)16(9-13)25-3/h8-12H,5-7H2,1-4H3,(H,22,23)/b21-11-/t12-/m0/s1. The van der Waals surface area contributed by atoms with Crippen molar-refractivity contribution in [3.05, 3.63) is 39.1 Å². The van der Waals surface area contributed by atoms with Gasteiger partial charge in [-0.25, -0.2) is 5.43 Å². The van der Waals surface area contributed by atoms with Crippen LogP contribution in [-0.2, 0) is 12.8 Å². The predicted octanol–water partition coefficient (Wildman–Crippen LogP) is 3.66. The summed E-state index contributed by atoms with van der Waals surface area (Å²) in [5.41, 5.74) is 4.63. The Hall–Kier alpha value is -2.54. The number of hydrogen-bond donors (Lipinski definition) is 1. The van der Waals surface area contributed by atoms with Gasteiger partial charge in [0.2, 0.25) is 5.75 Å². The molecule has 144 valence electrons. The Morgan fingerprint density at radius 1 is 1.19 bits per heavy atom. The second-order valence-electron chi connectivity index (χ2n) is 6.56. The average molecular weight is 388 g/mol. The first-order chi connectivity index (χ1) is 13.0. The van der Waals surface area contributed by atoms with E-state index in [9.17, 15) is 4.79 Å². The van der Waals surface area contributed by atoms with E-state index in [4.69, 9.17) is 14.2 Å². The van der Waals surface area contributed by atoms with E-state index >= 15 is 0 Å². The molecular formula is C20H24N2O4S. The first-order valence-corrected chi connectivity index (χ1v) is 9.62. The van der Waals surface area contributed by atoms with Crippen molar-refractivity contribution in [1.82, 2.24) is 5.43 Å². The van der Waals surface area contributed by atoms with Crippen LogP contribution in [0, 0.1) is 5.92 Å². The Kier molecular flexibility index (Phi) is 6.01. The van der Waals surface area contributed by atoms with E-state index < -0.39 is 0 Å². The number of hydrazone groups is 1. The molecule has 0 fully saturated rings. The lowest BCUT2D eigenvalue weighted by molar-refractivity contribution is 0.0959. The average Bonchev–Trinajstić information content (AvgIpc) is 3.10. The molecule has 27 heavy (non-hydrogen) atoms. The van der Waals surface area contributed by atoms with Crippen LogP contribution in [0.5, 0.6) is 17.2 Å². The maximum absolute atomic E-state index is 12.4. The number of nitrogens with zero attached hydrogens (tertiary/aromatic N) is 1. The first-order valence-electron chi connectivity index (χ1n) is 8.80. The zero-order valence-electron chi connectivity index (χ0n) is 16.0. The third-order valence-electron chi connectivity index (χ3n) is 4.62. The predicted molar refractivity (Wildman–Crippen MR) is 107 cm³/mol. The van der Waals surface area contributed by atoms with E-state index in [-0.39, 0.29) is 5.91 Å². The minimum Gasteiger partial charge on any atom is -0.493 e. The number of thiophene rings is 1. The molecule has 0 saturated heterocycles. The van der Waals surface area contributed by atoms with E-state index in [1.165, 1.54) is 16.9 Å². The van der Waals surface area contributed by atoms with Gasteiger partial charge in [-0.3, -0.25) is 4.79 Å². The van der Waals surface area contributed by atoms with Crippen LogP contribution in [0.2, 0.25) is 0 Å². The topological polar surface area (TPSA) is 69.2 Å². The van der Waals surface area contributed by atoms with Crippen LogP contribution in [0.1, 0.15) is 39.0 Å². The van der Waals surface area contributed by atoms with Crippen molar-refractivity contribution < 1.29 is 19.0 Å². The molecule has 1 heterocycles. The van der Waals surface area contributed by atoms with Crippen molar-refractivity contribution >= 4 is 23.5 Å². The lowest BCUT2D eigenvalue weighted by Crippen LogP contribution is -2.16. The number of benzene rings is 1. The third kappa shape index (κ3) is 4.24. The van der Waals surface area contributed by atoms with Crippen molar-refractivity contribution in [2.24, 2.45) is 11.0 Å². The summed E-state index contributed by atoms with van der Waals surface area (Å²) in [5.74, 6) is 2.07. The van der Waals surface area contributed by atoms with Crippen molar-refractivity contribution in [3.63, 3.8) is 0 Å². The number of fused-ring (bicyclic) bond motifs is 1. The van der Waals surface area contributed by atoms with E-state index in [2.05, 4.69) is 17.5 Å². The summed E-state index contributed by atoms with van der Waals surface area (Å²) >= 11 is 1.57. The molecule has 0 radical (unpaired) electrons. The number of ether oxygens (including phenoxy) is 3. The quantitative estimate of drug-likeness (QED) is 0.606. The van der Waals surface area contributed by atoms with E-state index in [1.54, 1.807) is 51.0 Å². The highest BCUT2D eigenvalue weighted by molar-refractivity contribution is 7.14. The molecular weight excluding hydrogens is 364 g/mol. The first kappa shape index (κ1) is 19.2. The molecule has 0 spiro atoms. The molecule has 1 amide bonds. The Labute approximate surface area is 163 Å². The highest BCUT2D eigenvalue weighted by Crippen LogP contribution is 2.37. The molecule has 0 bridgehead atoms. The molecule has 1 N–H and O–H groups in total. The number of nitrogens with one attached hydrogen (secondary N) is 1. The lowest BCUT2D eigenvalue weighted by atomic mass is 9.90. The summed E-state index contributed by atoms with van der Waals surface area (Å²) in [6.07, 6.45) is 4.85. The van der Waals surface area contributed by atoms with Crippen molar-refractivity contribution in [3.8, 4) is 17.2 Å². The Balaban J connectivity index is 1.71. The van der Waals surface area contributed by atoms with Gasteiger partial charge in [0, 0.05) is 10.4 Å². The van der Waals surface area contributed by atoms with Crippen molar-refractivity contribution in [1.29, 1.82) is 0 Å². The van der Waals surface area contributed by atoms with Gasteiger partial charge in [0.15, 0.2) is 11.5 Å². The number of aryl methyl sites for hydroxylation is 1. The van der Waals surface area contributed by atoms with Gasteiger partial charge in [-0.15, -0.1) is 11.3 Å². The summed E-state index contributed by atoms with van der Waals surface area (Å²) in [7, 11) is 4.66. The molecule has 1 aliphatic rings. The number of carbonyl (C=O) groups is 1. The number of hydrogen-bond acceptors (Lipinski definition) is 6. The lowest BCUT2D eigenvalue weighted by Gasteiger charge is -2.16. The maximum Gasteiger partial charge on any atom is 0.281 e. The molecule has 1 aromatic heterocycles. The number of methoxy groups -OCH3 is 3. The Bertz CT molecular complexity index is 835. The van der Waals surface area contributed by atoms with Gasteiger partial charge in [0.25, 0.3) is 5.91 Å². The third-order valence-corrected chi connectivity index (χ3v) is 5.86. The second kappa shape index (κ2) is 8.43. The Morgan fingerprint density at radius 3 is 2.52 bits per heavy atom. The minimum absolute atomic E-state index is 0.189. The molecule has 3 rings (SSSR count). The van der Waals surface area contributed by atoms with E-state index in [0.717, 1.165) is 18.4 Å². The van der Waals surface area contributed by atoms with Crippen LogP contribution in [0.15, 0.2) is 23.3 Å². The maximum atomic E-state index is 12.4. The van der Waals surface area contributed by atoms with Gasteiger partial charge in [-0.1, -0.05) is 6.92 Å². The smallest absolute Gasteiger partial charge is 0.281 e. The summed E-state index contributed by atoms with van der Waals surface area (Å²) in [6.45, 7) is 2.25. The monoisotopic (exact) mass is 388 g/mol. The minimum atomic E-state index is -0.189. The summed E-state index contributed by atoms with van der Waals surface area (Å²) in [5, 5.41) is 4.08. The molecule has 2 aromatic rings.